The maximum absolute atomic E-state index is 5.53. The van der Waals surface area contributed by atoms with Crippen LogP contribution in [0.4, 0.5) is 0 Å². The van der Waals surface area contributed by atoms with Crippen LogP contribution in [0.15, 0.2) is 0 Å². The number of ether oxygens (including phenoxy) is 1. The predicted octanol–water partition coefficient (Wildman–Crippen LogP) is 1.14. The van der Waals surface area contributed by atoms with Crippen LogP contribution < -0.4 is 10.6 Å². The fourth-order valence-electron chi connectivity index (χ4n) is 2.14. The topological polar surface area (TPSA) is 33.3 Å². The molecule has 2 fully saturated rings. The zero-order chi connectivity index (χ0) is 10.5. The minimum atomic E-state index is 0.460. The third kappa shape index (κ3) is 4.09. The Balaban J connectivity index is 1.40. The molecule has 1 heterocycles. The summed E-state index contributed by atoms with van der Waals surface area (Å²) < 4.78 is 5.53. The van der Waals surface area contributed by atoms with E-state index in [1.54, 1.807) is 0 Å². The van der Waals surface area contributed by atoms with Gasteiger partial charge in [-0.25, -0.2) is 0 Å². The quantitative estimate of drug-likeness (QED) is 0.621. The summed E-state index contributed by atoms with van der Waals surface area (Å²) in [6, 6.07) is 0.855. The highest BCUT2D eigenvalue weighted by molar-refractivity contribution is 4.80. The van der Waals surface area contributed by atoms with Crippen LogP contribution in [0.3, 0.4) is 0 Å². The number of nitrogens with one attached hydrogen (secondary N) is 2. The Morgan fingerprint density at radius 3 is 2.73 bits per heavy atom. The van der Waals surface area contributed by atoms with Gasteiger partial charge in [0.1, 0.15) is 0 Å². The van der Waals surface area contributed by atoms with Gasteiger partial charge in [-0.1, -0.05) is 0 Å². The van der Waals surface area contributed by atoms with Crippen molar-refractivity contribution < 1.29 is 4.74 Å². The average molecular weight is 212 g/mol. The van der Waals surface area contributed by atoms with Crippen LogP contribution in [-0.2, 0) is 4.74 Å². The third-order valence-electron chi connectivity index (χ3n) is 3.48. The van der Waals surface area contributed by atoms with Crippen LogP contribution in [0.25, 0.3) is 0 Å². The molecule has 15 heavy (non-hydrogen) atoms. The Hall–Kier alpha value is -0.120. The first-order valence-corrected chi connectivity index (χ1v) is 6.42. The Bertz CT molecular complexity index is 182. The summed E-state index contributed by atoms with van der Waals surface area (Å²) in [7, 11) is 0. The van der Waals surface area contributed by atoms with Crippen LogP contribution in [0.1, 0.15) is 32.6 Å². The first-order valence-electron chi connectivity index (χ1n) is 6.42. The molecular formula is C12H24N2O. The molecule has 3 nitrogen and oxygen atoms in total. The Morgan fingerprint density at radius 2 is 2.07 bits per heavy atom. The van der Waals surface area contributed by atoms with Crippen LogP contribution in [0.5, 0.6) is 0 Å². The van der Waals surface area contributed by atoms with Gasteiger partial charge in [0, 0.05) is 19.2 Å². The Labute approximate surface area is 93.0 Å². The Kier molecular flexibility index (Phi) is 4.42. The van der Waals surface area contributed by atoms with Gasteiger partial charge in [0.2, 0.25) is 0 Å². The fourth-order valence-corrected chi connectivity index (χ4v) is 2.14. The molecule has 1 saturated heterocycles. The molecule has 0 amide bonds. The smallest absolute Gasteiger partial charge is 0.0588 e. The molecule has 0 radical (unpaired) electrons. The average Bonchev–Trinajstić information content (AvgIpc) is 2.96. The molecule has 2 atom stereocenters. The van der Waals surface area contributed by atoms with Gasteiger partial charge in [-0.05, 0) is 51.6 Å². The van der Waals surface area contributed by atoms with E-state index < -0.39 is 0 Å². The number of hydrogen-bond donors (Lipinski definition) is 2. The van der Waals surface area contributed by atoms with Gasteiger partial charge in [0.25, 0.3) is 0 Å². The molecule has 2 aliphatic rings. The second kappa shape index (κ2) is 5.83. The van der Waals surface area contributed by atoms with Crippen molar-refractivity contribution in [2.45, 2.75) is 44.8 Å². The van der Waals surface area contributed by atoms with Gasteiger partial charge in [-0.3, -0.25) is 0 Å². The summed E-state index contributed by atoms with van der Waals surface area (Å²) in [5, 5.41) is 7.06. The largest absolute Gasteiger partial charge is 0.378 e. The third-order valence-corrected chi connectivity index (χ3v) is 3.48. The zero-order valence-corrected chi connectivity index (χ0v) is 9.80. The van der Waals surface area contributed by atoms with Crippen LogP contribution in [0.2, 0.25) is 0 Å². The van der Waals surface area contributed by atoms with Crippen molar-refractivity contribution in [3.8, 4) is 0 Å². The van der Waals surface area contributed by atoms with E-state index in [9.17, 15) is 0 Å². The van der Waals surface area contributed by atoms with E-state index in [1.165, 1.54) is 32.2 Å². The monoisotopic (exact) mass is 212 g/mol. The first-order chi connectivity index (χ1) is 7.36. The molecule has 0 aromatic rings. The molecule has 2 unspecified atom stereocenters. The first kappa shape index (κ1) is 11.4. The maximum Gasteiger partial charge on any atom is 0.0588 e. The summed E-state index contributed by atoms with van der Waals surface area (Å²) in [6.07, 6.45) is 5.73. The molecule has 0 bridgehead atoms. The molecule has 1 aliphatic carbocycles. The normalized spacial score (nSPS) is 31.0. The lowest BCUT2D eigenvalue weighted by Gasteiger charge is -2.14. The van der Waals surface area contributed by atoms with Crippen LogP contribution in [-0.4, -0.2) is 38.4 Å². The van der Waals surface area contributed by atoms with Crippen molar-refractivity contribution in [3.05, 3.63) is 0 Å². The molecule has 2 N–H and O–H groups in total. The SMILES string of the molecule is CC1OCCC1CNCCCNC1CC1. The van der Waals surface area contributed by atoms with E-state index in [0.29, 0.717) is 6.10 Å². The van der Waals surface area contributed by atoms with Crippen molar-refractivity contribution in [1.82, 2.24) is 10.6 Å². The van der Waals surface area contributed by atoms with E-state index in [-0.39, 0.29) is 0 Å². The summed E-state index contributed by atoms with van der Waals surface area (Å²) in [6.45, 7) is 6.59. The molecule has 1 saturated carbocycles. The van der Waals surface area contributed by atoms with Gasteiger partial charge in [-0.15, -0.1) is 0 Å². The molecule has 88 valence electrons. The highest BCUT2D eigenvalue weighted by Gasteiger charge is 2.23. The van der Waals surface area contributed by atoms with E-state index in [2.05, 4.69) is 17.6 Å². The lowest BCUT2D eigenvalue weighted by atomic mass is 10.0. The summed E-state index contributed by atoms with van der Waals surface area (Å²) in [4.78, 5) is 0. The Morgan fingerprint density at radius 1 is 1.20 bits per heavy atom. The van der Waals surface area contributed by atoms with Gasteiger partial charge >= 0.3 is 0 Å². The molecule has 2 rings (SSSR count). The summed E-state index contributed by atoms with van der Waals surface area (Å²) in [5.74, 6) is 0.737. The van der Waals surface area contributed by atoms with Gasteiger partial charge in [0.15, 0.2) is 0 Å². The molecule has 1 aliphatic heterocycles. The zero-order valence-electron chi connectivity index (χ0n) is 9.80. The summed E-state index contributed by atoms with van der Waals surface area (Å²) in [5.41, 5.74) is 0. The van der Waals surface area contributed by atoms with E-state index in [4.69, 9.17) is 4.74 Å². The molecule has 3 heteroatoms. The maximum atomic E-state index is 5.53. The van der Waals surface area contributed by atoms with Crippen LogP contribution in [0, 0.1) is 5.92 Å². The lowest BCUT2D eigenvalue weighted by Crippen LogP contribution is -2.29. The minimum Gasteiger partial charge on any atom is -0.378 e. The standard InChI is InChI=1S/C12H24N2O/c1-10-11(5-8-15-10)9-13-6-2-7-14-12-3-4-12/h10-14H,2-9H2,1H3. The molecule has 0 aromatic carbocycles. The number of hydrogen-bond acceptors (Lipinski definition) is 3. The molecular weight excluding hydrogens is 188 g/mol. The van der Waals surface area contributed by atoms with Gasteiger partial charge < -0.3 is 15.4 Å². The minimum absolute atomic E-state index is 0.460. The van der Waals surface area contributed by atoms with Crippen LogP contribution >= 0.6 is 0 Å². The van der Waals surface area contributed by atoms with Gasteiger partial charge in [0.05, 0.1) is 6.10 Å². The second-order valence-electron chi connectivity index (χ2n) is 4.91. The highest BCUT2D eigenvalue weighted by Crippen LogP contribution is 2.19. The lowest BCUT2D eigenvalue weighted by molar-refractivity contribution is 0.105. The van der Waals surface area contributed by atoms with Crippen molar-refractivity contribution in [1.29, 1.82) is 0 Å². The van der Waals surface area contributed by atoms with Crippen molar-refractivity contribution in [2.75, 3.05) is 26.2 Å². The van der Waals surface area contributed by atoms with Crippen molar-refractivity contribution in [2.24, 2.45) is 5.92 Å². The van der Waals surface area contributed by atoms with E-state index in [1.807, 2.05) is 0 Å². The molecule has 0 aromatic heterocycles. The summed E-state index contributed by atoms with van der Waals surface area (Å²) >= 11 is 0. The highest BCUT2D eigenvalue weighted by atomic mass is 16.5. The van der Waals surface area contributed by atoms with E-state index >= 15 is 0 Å². The van der Waals surface area contributed by atoms with Gasteiger partial charge in [-0.2, -0.15) is 0 Å². The van der Waals surface area contributed by atoms with E-state index in [0.717, 1.165) is 31.7 Å². The predicted molar refractivity (Wildman–Crippen MR) is 62.0 cm³/mol. The fraction of sp³-hybridized carbons (Fsp3) is 1.00. The van der Waals surface area contributed by atoms with Crippen molar-refractivity contribution in [3.63, 3.8) is 0 Å². The molecule has 0 spiro atoms. The number of rotatable bonds is 7. The second-order valence-corrected chi connectivity index (χ2v) is 4.91. The van der Waals surface area contributed by atoms with Crippen molar-refractivity contribution >= 4 is 0 Å².